The van der Waals surface area contributed by atoms with E-state index >= 15 is 0 Å². The zero-order valence-corrected chi connectivity index (χ0v) is 16.2. The number of carbonyl (C=O) groups excluding carboxylic acids is 1. The summed E-state index contributed by atoms with van der Waals surface area (Å²) >= 11 is 0. The number of benzene rings is 1. The molecule has 1 N–H and O–H groups in total. The van der Waals surface area contributed by atoms with Crippen LogP contribution in [0.4, 0.5) is 4.79 Å². The van der Waals surface area contributed by atoms with Crippen LogP contribution >= 0.6 is 0 Å². The summed E-state index contributed by atoms with van der Waals surface area (Å²) in [5, 5.41) is 9.17. The van der Waals surface area contributed by atoms with Crippen LogP contribution in [0.25, 0.3) is 0 Å². The van der Waals surface area contributed by atoms with Gasteiger partial charge in [0.2, 0.25) is 0 Å². The number of hydrogen-bond acceptors (Lipinski definition) is 4. The topological polar surface area (TPSA) is 70.1 Å². The second-order valence-corrected chi connectivity index (χ2v) is 7.84. The number of aromatic carboxylic acids is 1. The number of carboxylic acid groups (broad SMARTS) is 1. The van der Waals surface area contributed by atoms with Crippen LogP contribution in [0.1, 0.15) is 56.5 Å². The normalized spacial score (nSPS) is 18.6. The molecule has 0 bridgehead atoms. The minimum Gasteiger partial charge on any atom is -0.478 e. The van der Waals surface area contributed by atoms with Gasteiger partial charge in [0.25, 0.3) is 0 Å². The highest BCUT2D eigenvalue weighted by Gasteiger charge is 2.31. The van der Waals surface area contributed by atoms with Crippen LogP contribution in [0.5, 0.6) is 0 Å². The molecular formula is C20H30N2O4. The molecule has 1 aromatic carbocycles. The van der Waals surface area contributed by atoms with Crippen molar-refractivity contribution in [1.82, 2.24) is 9.80 Å². The molecule has 0 aromatic heterocycles. The third kappa shape index (κ3) is 5.73. The highest BCUT2D eigenvalue weighted by molar-refractivity contribution is 5.87. The fourth-order valence-electron chi connectivity index (χ4n) is 3.24. The van der Waals surface area contributed by atoms with E-state index in [0.717, 1.165) is 24.9 Å². The molecule has 0 unspecified atom stereocenters. The lowest BCUT2D eigenvalue weighted by molar-refractivity contribution is 0.00117. The van der Waals surface area contributed by atoms with Crippen LogP contribution in [-0.4, -0.2) is 58.2 Å². The Morgan fingerprint density at radius 2 is 2.00 bits per heavy atom. The molecule has 1 heterocycles. The van der Waals surface area contributed by atoms with Crippen molar-refractivity contribution in [2.75, 3.05) is 19.6 Å². The molecule has 1 atom stereocenters. The van der Waals surface area contributed by atoms with E-state index in [1.54, 1.807) is 23.1 Å². The Balaban J connectivity index is 2.05. The van der Waals surface area contributed by atoms with Crippen LogP contribution < -0.4 is 0 Å². The first-order chi connectivity index (χ1) is 12.2. The summed E-state index contributed by atoms with van der Waals surface area (Å²) in [4.78, 5) is 27.7. The number of rotatable bonds is 5. The third-order valence-electron chi connectivity index (χ3n) is 4.44. The minimum atomic E-state index is -0.910. The van der Waals surface area contributed by atoms with Gasteiger partial charge in [-0.15, -0.1) is 0 Å². The van der Waals surface area contributed by atoms with Gasteiger partial charge in [-0.2, -0.15) is 0 Å². The smallest absolute Gasteiger partial charge is 0.410 e. The Kier molecular flexibility index (Phi) is 6.64. The highest BCUT2D eigenvalue weighted by atomic mass is 16.6. The summed E-state index contributed by atoms with van der Waals surface area (Å²) in [6.45, 7) is 10.5. The molecule has 1 aromatic rings. The predicted molar refractivity (Wildman–Crippen MR) is 100 cm³/mol. The standard InChI is InChI=1S/C20H30N2O4/c1-5-7-17-14-22(19(25)26-20(2,3)4)11-10-21(17)13-15-8-6-9-16(12-15)18(23)24/h6,8-9,12,17H,5,7,10-11,13-14H2,1-4H3,(H,23,24)/t17-/m1/s1. The van der Waals surface area contributed by atoms with Crippen molar-refractivity contribution in [2.45, 2.75) is 58.7 Å². The van der Waals surface area contributed by atoms with E-state index in [4.69, 9.17) is 9.84 Å². The number of piperazine rings is 1. The van der Waals surface area contributed by atoms with E-state index in [0.29, 0.717) is 25.2 Å². The minimum absolute atomic E-state index is 0.245. The fraction of sp³-hybridized carbons (Fsp3) is 0.600. The molecule has 0 radical (unpaired) electrons. The van der Waals surface area contributed by atoms with Gasteiger partial charge < -0.3 is 14.7 Å². The SMILES string of the molecule is CCC[C@@H]1CN(C(=O)OC(C)(C)C)CCN1Cc1cccc(C(=O)O)c1. The lowest BCUT2D eigenvalue weighted by atomic mass is 10.0. The summed E-state index contributed by atoms with van der Waals surface area (Å²) in [5.74, 6) is -0.910. The molecule has 6 heteroatoms. The Morgan fingerprint density at radius 1 is 1.27 bits per heavy atom. The van der Waals surface area contributed by atoms with E-state index in [1.807, 2.05) is 26.8 Å². The largest absolute Gasteiger partial charge is 0.478 e. The summed E-state index contributed by atoms with van der Waals surface area (Å²) in [5.41, 5.74) is 0.796. The second kappa shape index (κ2) is 8.54. The molecule has 0 aliphatic carbocycles. The van der Waals surface area contributed by atoms with Gasteiger partial charge in [-0.1, -0.05) is 25.5 Å². The Labute approximate surface area is 155 Å². The molecule has 0 spiro atoms. The summed E-state index contributed by atoms with van der Waals surface area (Å²) < 4.78 is 5.50. The fourth-order valence-corrected chi connectivity index (χ4v) is 3.24. The van der Waals surface area contributed by atoms with Crippen LogP contribution in [0.2, 0.25) is 0 Å². The van der Waals surface area contributed by atoms with Crippen molar-refractivity contribution in [3.63, 3.8) is 0 Å². The van der Waals surface area contributed by atoms with Crippen molar-refractivity contribution in [1.29, 1.82) is 0 Å². The average Bonchev–Trinajstić information content (AvgIpc) is 2.55. The molecule has 1 fully saturated rings. The molecule has 26 heavy (non-hydrogen) atoms. The molecule has 1 saturated heterocycles. The molecule has 1 aliphatic heterocycles. The van der Waals surface area contributed by atoms with Gasteiger partial charge >= 0.3 is 12.1 Å². The average molecular weight is 362 g/mol. The first kappa shape index (κ1) is 20.2. The first-order valence-electron chi connectivity index (χ1n) is 9.24. The molecule has 144 valence electrons. The maximum Gasteiger partial charge on any atom is 0.410 e. The van der Waals surface area contributed by atoms with Gasteiger partial charge in [-0.05, 0) is 44.9 Å². The zero-order valence-electron chi connectivity index (χ0n) is 16.2. The Bertz CT molecular complexity index is 639. The highest BCUT2D eigenvalue weighted by Crippen LogP contribution is 2.20. The van der Waals surface area contributed by atoms with Crippen molar-refractivity contribution in [3.05, 3.63) is 35.4 Å². The van der Waals surface area contributed by atoms with Crippen molar-refractivity contribution >= 4 is 12.1 Å². The quantitative estimate of drug-likeness (QED) is 0.866. The van der Waals surface area contributed by atoms with Crippen LogP contribution in [0.3, 0.4) is 0 Å². The van der Waals surface area contributed by atoms with Gasteiger partial charge in [0, 0.05) is 32.2 Å². The number of ether oxygens (including phenoxy) is 1. The monoisotopic (exact) mass is 362 g/mol. The van der Waals surface area contributed by atoms with Gasteiger partial charge in [0.15, 0.2) is 0 Å². The van der Waals surface area contributed by atoms with E-state index < -0.39 is 11.6 Å². The molecular weight excluding hydrogens is 332 g/mol. The van der Waals surface area contributed by atoms with E-state index in [-0.39, 0.29) is 12.1 Å². The van der Waals surface area contributed by atoms with E-state index in [2.05, 4.69) is 11.8 Å². The van der Waals surface area contributed by atoms with Crippen molar-refractivity contribution in [2.24, 2.45) is 0 Å². The molecule has 1 amide bonds. The van der Waals surface area contributed by atoms with Gasteiger partial charge in [0.05, 0.1) is 5.56 Å². The Hall–Kier alpha value is -2.08. The zero-order chi connectivity index (χ0) is 19.3. The lowest BCUT2D eigenvalue weighted by Crippen LogP contribution is -2.55. The van der Waals surface area contributed by atoms with Gasteiger partial charge in [-0.3, -0.25) is 4.90 Å². The third-order valence-corrected chi connectivity index (χ3v) is 4.44. The van der Waals surface area contributed by atoms with Crippen molar-refractivity contribution in [3.8, 4) is 0 Å². The number of nitrogens with zero attached hydrogens (tertiary/aromatic N) is 2. The molecule has 2 rings (SSSR count). The van der Waals surface area contributed by atoms with Gasteiger partial charge in [0.1, 0.15) is 5.60 Å². The second-order valence-electron chi connectivity index (χ2n) is 7.84. The number of carbonyl (C=O) groups is 2. The first-order valence-corrected chi connectivity index (χ1v) is 9.24. The Morgan fingerprint density at radius 3 is 2.62 bits per heavy atom. The number of hydrogen-bond donors (Lipinski definition) is 1. The number of carboxylic acids is 1. The van der Waals surface area contributed by atoms with Crippen molar-refractivity contribution < 1.29 is 19.4 Å². The van der Waals surface area contributed by atoms with Crippen LogP contribution in [0.15, 0.2) is 24.3 Å². The predicted octanol–water partition coefficient (Wildman–Crippen LogP) is 3.61. The van der Waals surface area contributed by atoms with E-state index in [9.17, 15) is 9.59 Å². The van der Waals surface area contributed by atoms with Crippen LogP contribution in [-0.2, 0) is 11.3 Å². The summed E-state index contributed by atoms with van der Waals surface area (Å²) in [6.07, 6.45) is 1.75. The maximum atomic E-state index is 12.4. The lowest BCUT2D eigenvalue weighted by Gasteiger charge is -2.41. The van der Waals surface area contributed by atoms with E-state index in [1.165, 1.54) is 0 Å². The molecule has 1 aliphatic rings. The maximum absolute atomic E-state index is 12.4. The summed E-state index contributed by atoms with van der Waals surface area (Å²) in [7, 11) is 0. The summed E-state index contributed by atoms with van der Waals surface area (Å²) in [6, 6.07) is 7.32. The van der Waals surface area contributed by atoms with Crippen LogP contribution in [0, 0.1) is 0 Å². The number of amides is 1. The molecule has 0 saturated carbocycles. The molecule has 6 nitrogen and oxygen atoms in total. The van der Waals surface area contributed by atoms with Gasteiger partial charge in [-0.25, -0.2) is 9.59 Å².